The van der Waals surface area contributed by atoms with E-state index in [0.29, 0.717) is 0 Å². The summed E-state index contributed by atoms with van der Waals surface area (Å²) in [7, 11) is 0.0174. The summed E-state index contributed by atoms with van der Waals surface area (Å²) >= 11 is 2.62. The van der Waals surface area contributed by atoms with Crippen molar-refractivity contribution in [2.24, 2.45) is 4.99 Å². The molecule has 1 aliphatic rings. The van der Waals surface area contributed by atoms with Gasteiger partial charge in [0.1, 0.15) is 0 Å². The van der Waals surface area contributed by atoms with E-state index >= 15 is 0 Å². The van der Waals surface area contributed by atoms with E-state index in [-0.39, 0.29) is 7.66 Å². The normalized spacial score (nSPS) is 14.9. The van der Waals surface area contributed by atoms with Crippen molar-refractivity contribution in [1.82, 2.24) is 0 Å². The Morgan fingerprint density at radius 2 is 1.48 bits per heavy atom. The quantitative estimate of drug-likeness (QED) is 0.314. The minimum atomic E-state index is 0.0174. The molecule has 1 heterocycles. The Kier molecular flexibility index (Phi) is 7.20. The third-order valence-corrected chi connectivity index (χ3v) is 9.27. The van der Waals surface area contributed by atoms with Gasteiger partial charge in [0.2, 0.25) is 0 Å². The second-order valence-corrected chi connectivity index (χ2v) is 10.9. The van der Waals surface area contributed by atoms with E-state index in [1.165, 1.54) is 33.6 Å². The maximum Gasteiger partial charge on any atom is 0.0777 e. The first-order valence-electron chi connectivity index (χ1n) is 10.0. The zero-order chi connectivity index (χ0) is 19.4. The molecular weight excluding hydrogens is 465 g/mol. The summed E-state index contributed by atoms with van der Waals surface area (Å²) in [5.74, 6) is 0. The Morgan fingerprint density at radius 1 is 0.852 bits per heavy atom. The standard InChI is InChI=1S/C22H30IN3S/c1-5-13-26(14-6-2)18-10-12-20-22(16-18)27(23)21-15-17(25(7-3)8-4)9-11-19(21)24-20/h9-12,15-16H,5-8,13-14H2,1-4H3. The predicted molar refractivity (Wildman–Crippen MR) is 129 cm³/mol. The molecule has 0 radical (unpaired) electrons. The average Bonchev–Trinajstić information content (AvgIpc) is 2.69. The fraction of sp³-hybridized carbons (Fsp3) is 0.455. The van der Waals surface area contributed by atoms with Crippen LogP contribution in [0.5, 0.6) is 0 Å². The molecule has 1 aliphatic heterocycles. The second-order valence-electron chi connectivity index (χ2n) is 6.83. The molecule has 0 saturated carbocycles. The molecular formula is C22H30IN3S. The number of fused-ring (bicyclic) bond motifs is 2. The Morgan fingerprint density at radius 3 is 2.11 bits per heavy atom. The number of benzene rings is 2. The van der Waals surface area contributed by atoms with Crippen molar-refractivity contribution < 1.29 is 0 Å². The third kappa shape index (κ3) is 4.34. The van der Waals surface area contributed by atoms with Gasteiger partial charge in [-0.2, -0.15) is 0 Å². The minimum absolute atomic E-state index is 0.0174. The molecule has 0 aromatic heterocycles. The maximum absolute atomic E-state index is 4.97. The lowest BCUT2D eigenvalue weighted by Gasteiger charge is -2.25. The Bertz CT molecular complexity index is 916. The largest absolute Gasteiger partial charge is 0.372 e. The fourth-order valence-electron chi connectivity index (χ4n) is 3.62. The van der Waals surface area contributed by atoms with Crippen LogP contribution in [0.3, 0.4) is 0 Å². The van der Waals surface area contributed by atoms with Crippen LogP contribution in [-0.2, 0) is 0 Å². The Labute approximate surface area is 178 Å². The van der Waals surface area contributed by atoms with Gasteiger partial charge < -0.3 is 9.80 Å². The van der Waals surface area contributed by atoms with Crippen LogP contribution in [0.1, 0.15) is 40.5 Å². The van der Waals surface area contributed by atoms with Gasteiger partial charge in [0.15, 0.2) is 0 Å². The van der Waals surface area contributed by atoms with Crippen molar-refractivity contribution in [2.75, 3.05) is 36.0 Å². The monoisotopic (exact) mass is 495 g/mol. The summed E-state index contributed by atoms with van der Waals surface area (Å²) in [5.41, 5.74) is 3.77. The summed E-state index contributed by atoms with van der Waals surface area (Å²) in [6.45, 7) is 13.2. The summed E-state index contributed by atoms with van der Waals surface area (Å²) in [6, 6.07) is 13.6. The third-order valence-electron chi connectivity index (χ3n) is 4.99. The predicted octanol–water partition coefficient (Wildman–Crippen LogP) is 6.35. The number of anilines is 2. The minimum Gasteiger partial charge on any atom is -0.372 e. The van der Waals surface area contributed by atoms with E-state index in [0.717, 1.165) is 37.2 Å². The van der Waals surface area contributed by atoms with Crippen molar-refractivity contribution in [3.63, 3.8) is 0 Å². The molecule has 1 atom stereocenters. The lowest BCUT2D eigenvalue weighted by molar-refractivity contribution is 0.744. The zero-order valence-electron chi connectivity index (χ0n) is 16.8. The Hall–Kier alpha value is -1.08. The van der Waals surface area contributed by atoms with Crippen LogP contribution in [0.2, 0.25) is 0 Å². The molecule has 0 aliphatic carbocycles. The molecule has 0 amide bonds. The van der Waals surface area contributed by atoms with E-state index in [1.807, 2.05) is 0 Å². The molecule has 27 heavy (non-hydrogen) atoms. The SMILES string of the molecule is CCCN(CCC)c1ccc2c(c1)=S(I)c1cc(N(CC)CC)ccc1N=2. The molecule has 0 N–H and O–H groups in total. The molecule has 146 valence electrons. The first-order valence-corrected chi connectivity index (χ1v) is 13.8. The van der Waals surface area contributed by atoms with Crippen LogP contribution in [0, 0.1) is 4.51 Å². The van der Waals surface area contributed by atoms with Gasteiger partial charge >= 0.3 is 0 Å². The van der Waals surface area contributed by atoms with E-state index < -0.39 is 0 Å². The number of hydrogen-bond acceptors (Lipinski definition) is 3. The first kappa shape index (κ1) is 20.6. The summed E-state index contributed by atoms with van der Waals surface area (Å²) in [4.78, 5) is 11.2. The second kappa shape index (κ2) is 9.41. The van der Waals surface area contributed by atoms with Gasteiger partial charge in [-0.15, -0.1) is 0 Å². The summed E-state index contributed by atoms with van der Waals surface area (Å²) < 4.78 is 1.37. The summed E-state index contributed by atoms with van der Waals surface area (Å²) in [6.07, 6.45) is 2.35. The van der Waals surface area contributed by atoms with Gasteiger partial charge in [0.25, 0.3) is 0 Å². The molecule has 0 fully saturated rings. The smallest absolute Gasteiger partial charge is 0.0777 e. The number of rotatable bonds is 8. The highest BCUT2D eigenvalue weighted by molar-refractivity contribution is 14.2. The highest BCUT2D eigenvalue weighted by Gasteiger charge is 2.15. The van der Waals surface area contributed by atoms with Gasteiger partial charge in [-0.25, -0.2) is 4.99 Å². The Balaban J connectivity index is 2.09. The lowest BCUT2D eigenvalue weighted by Crippen LogP contribution is -2.25. The maximum atomic E-state index is 4.97. The van der Waals surface area contributed by atoms with E-state index in [1.54, 1.807) is 0 Å². The van der Waals surface area contributed by atoms with Crippen molar-refractivity contribution in [3.05, 3.63) is 46.3 Å². The van der Waals surface area contributed by atoms with Crippen molar-refractivity contribution >= 4 is 45.9 Å². The number of hydrogen-bond donors (Lipinski definition) is 0. The van der Waals surface area contributed by atoms with Gasteiger partial charge in [-0.1, -0.05) is 21.5 Å². The number of nitrogens with zero attached hydrogens (tertiary/aromatic N) is 3. The zero-order valence-corrected chi connectivity index (χ0v) is 19.8. The fourth-order valence-corrected chi connectivity index (χ4v) is 7.01. The van der Waals surface area contributed by atoms with Crippen LogP contribution < -0.4 is 15.2 Å². The molecule has 1 unspecified atom stereocenters. The lowest BCUT2D eigenvalue weighted by atomic mass is 10.2. The van der Waals surface area contributed by atoms with Crippen LogP contribution in [0.4, 0.5) is 17.1 Å². The molecule has 0 bridgehead atoms. The van der Waals surface area contributed by atoms with Crippen LogP contribution in [-0.4, -0.2) is 26.2 Å². The van der Waals surface area contributed by atoms with Crippen molar-refractivity contribution in [3.8, 4) is 0 Å². The average molecular weight is 495 g/mol. The topological polar surface area (TPSA) is 18.8 Å². The van der Waals surface area contributed by atoms with E-state index in [4.69, 9.17) is 4.99 Å². The van der Waals surface area contributed by atoms with Gasteiger partial charge in [-0.3, -0.25) is 0 Å². The summed E-state index contributed by atoms with van der Waals surface area (Å²) in [5, 5.41) is 1.13. The highest BCUT2D eigenvalue weighted by Crippen LogP contribution is 2.46. The van der Waals surface area contributed by atoms with Gasteiger partial charge in [0, 0.05) is 47.0 Å². The molecule has 0 saturated heterocycles. The number of halogens is 1. The molecule has 3 rings (SSSR count). The molecule has 2 aromatic rings. The van der Waals surface area contributed by atoms with Crippen LogP contribution in [0.25, 0.3) is 0 Å². The van der Waals surface area contributed by atoms with Gasteiger partial charge in [0.05, 0.1) is 11.0 Å². The van der Waals surface area contributed by atoms with Crippen LogP contribution >= 0.6 is 28.9 Å². The molecule has 5 heteroatoms. The first-order chi connectivity index (χ1) is 13.1. The van der Waals surface area contributed by atoms with E-state index in [9.17, 15) is 0 Å². The van der Waals surface area contributed by atoms with E-state index in [2.05, 4.69) is 95.1 Å². The van der Waals surface area contributed by atoms with Gasteiger partial charge in [-0.05, 0) is 84.3 Å². The molecule has 3 nitrogen and oxygen atoms in total. The van der Waals surface area contributed by atoms with Crippen molar-refractivity contribution in [2.45, 2.75) is 45.4 Å². The highest BCUT2D eigenvalue weighted by atomic mass is 127. The van der Waals surface area contributed by atoms with Crippen molar-refractivity contribution in [1.29, 1.82) is 0 Å². The molecule has 2 aromatic carbocycles. The molecule has 0 spiro atoms. The van der Waals surface area contributed by atoms with Crippen LogP contribution in [0.15, 0.2) is 46.3 Å².